The molecule has 1 aromatic carbocycles. The Bertz CT molecular complexity index is 700. The molecular formula is C19H23NO3. The fourth-order valence-corrected chi connectivity index (χ4v) is 5.78. The van der Waals surface area contributed by atoms with Crippen LogP contribution in [0.2, 0.25) is 0 Å². The van der Waals surface area contributed by atoms with Crippen molar-refractivity contribution >= 4 is 5.78 Å². The quantitative estimate of drug-likeness (QED) is 0.840. The van der Waals surface area contributed by atoms with Gasteiger partial charge in [0.2, 0.25) is 0 Å². The zero-order valence-electron chi connectivity index (χ0n) is 13.8. The van der Waals surface area contributed by atoms with Crippen LogP contribution in [-0.2, 0) is 16.6 Å². The van der Waals surface area contributed by atoms with Gasteiger partial charge in [0.05, 0.1) is 6.61 Å². The molecular weight excluding hydrogens is 290 g/mol. The Morgan fingerprint density at radius 3 is 3.13 bits per heavy atom. The fourth-order valence-electron chi connectivity index (χ4n) is 5.78. The van der Waals surface area contributed by atoms with Crippen molar-refractivity contribution in [2.24, 2.45) is 5.92 Å². The minimum atomic E-state index is -0.284. The summed E-state index contributed by atoms with van der Waals surface area (Å²) in [6.07, 6.45) is 3.48. The molecule has 0 unspecified atom stereocenters. The van der Waals surface area contributed by atoms with Crippen molar-refractivity contribution in [3.05, 3.63) is 23.3 Å². The first kappa shape index (κ1) is 13.8. The van der Waals surface area contributed by atoms with Gasteiger partial charge in [-0.1, -0.05) is 6.07 Å². The molecule has 4 atom stereocenters. The number of carbonyl (C=O) groups excluding carboxylic acids is 1. The maximum atomic E-state index is 12.7. The largest absolute Gasteiger partial charge is 0.490 e. The summed E-state index contributed by atoms with van der Waals surface area (Å²) in [4.78, 5) is 15.2. The molecule has 4 nitrogen and oxygen atoms in total. The van der Waals surface area contributed by atoms with E-state index in [0.29, 0.717) is 25.0 Å². The molecule has 2 aliphatic heterocycles. The zero-order valence-corrected chi connectivity index (χ0v) is 13.8. The summed E-state index contributed by atoms with van der Waals surface area (Å²) < 4.78 is 12.1. The third-order valence-electron chi connectivity index (χ3n) is 6.67. The Morgan fingerprint density at radius 1 is 1.43 bits per heavy atom. The van der Waals surface area contributed by atoms with Gasteiger partial charge in [0.15, 0.2) is 23.4 Å². The van der Waals surface area contributed by atoms with Crippen molar-refractivity contribution in [1.29, 1.82) is 0 Å². The van der Waals surface area contributed by atoms with Crippen molar-refractivity contribution < 1.29 is 14.3 Å². The van der Waals surface area contributed by atoms with E-state index in [4.69, 9.17) is 9.47 Å². The van der Waals surface area contributed by atoms with Crippen LogP contribution in [-0.4, -0.2) is 43.0 Å². The second kappa shape index (κ2) is 4.50. The number of ether oxygens (including phenoxy) is 2. The van der Waals surface area contributed by atoms with E-state index in [1.165, 1.54) is 11.1 Å². The Morgan fingerprint density at radius 2 is 2.30 bits per heavy atom. The monoisotopic (exact) mass is 313 g/mol. The topological polar surface area (TPSA) is 38.8 Å². The summed E-state index contributed by atoms with van der Waals surface area (Å²) in [5.74, 6) is 2.52. The molecule has 1 spiro atoms. The van der Waals surface area contributed by atoms with Gasteiger partial charge in [0.1, 0.15) is 0 Å². The summed E-state index contributed by atoms with van der Waals surface area (Å²) in [5.41, 5.74) is 2.59. The van der Waals surface area contributed by atoms with Gasteiger partial charge in [0, 0.05) is 23.4 Å². The van der Waals surface area contributed by atoms with E-state index in [1.54, 1.807) is 0 Å². The van der Waals surface area contributed by atoms with Gasteiger partial charge < -0.3 is 14.4 Å². The predicted molar refractivity (Wildman–Crippen MR) is 86.2 cm³/mol. The lowest BCUT2D eigenvalue weighted by Crippen LogP contribution is -2.65. The van der Waals surface area contributed by atoms with Crippen molar-refractivity contribution in [2.45, 2.75) is 50.2 Å². The Hall–Kier alpha value is -1.55. The average Bonchev–Trinajstić information content (AvgIpc) is 2.90. The van der Waals surface area contributed by atoms with Gasteiger partial charge >= 0.3 is 0 Å². The normalized spacial score (nSPS) is 37.3. The van der Waals surface area contributed by atoms with Gasteiger partial charge in [-0.05, 0) is 57.3 Å². The van der Waals surface area contributed by atoms with Crippen LogP contribution in [0.25, 0.3) is 0 Å². The Kier molecular flexibility index (Phi) is 2.71. The summed E-state index contributed by atoms with van der Waals surface area (Å²) in [6, 6.07) is 4.78. The molecule has 2 aliphatic carbocycles. The van der Waals surface area contributed by atoms with Gasteiger partial charge in [0.25, 0.3) is 0 Å². The second-order valence-corrected chi connectivity index (χ2v) is 7.51. The van der Waals surface area contributed by atoms with Gasteiger partial charge in [-0.2, -0.15) is 0 Å². The van der Waals surface area contributed by atoms with Crippen molar-refractivity contribution in [1.82, 2.24) is 4.90 Å². The number of nitrogens with zero attached hydrogens (tertiary/aromatic N) is 1. The van der Waals surface area contributed by atoms with E-state index in [2.05, 4.69) is 18.0 Å². The molecule has 2 fully saturated rings. The molecule has 23 heavy (non-hydrogen) atoms. The highest BCUT2D eigenvalue weighted by atomic mass is 16.5. The standard InChI is InChI=1S/C19H23NO3/c1-3-22-15-7-4-11-10-13-12-5-6-14(21)18-19(12,8-9-20(13)2)16(11)17(15)23-18/h4,7,12-13,18H,3,5-6,8-10H2,1-2H3/t12-,13+,18-,19-/m0/s1. The van der Waals surface area contributed by atoms with Gasteiger partial charge in [-0.25, -0.2) is 0 Å². The smallest absolute Gasteiger partial charge is 0.174 e. The fraction of sp³-hybridized carbons (Fsp3) is 0.632. The van der Waals surface area contributed by atoms with Crippen LogP contribution in [0.4, 0.5) is 0 Å². The molecule has 0 amide bonds. The van der Waals surface area contributed by atoms with Crippen LogP contribution < -0.4 is 9.47 Å². The lowest BCUT2D eigenvalue weighted by atomic mass is 9.52. The first-order chi connectivity index (χ1) is 11.2. The Labute approximate surface area is 136 Å². The number of piperidine rings is 1. The maximum Gasteiger partial charge on any atom is 0.174 e. The summed E-state index contributed by atoms with van der Waals surface area (Å²) >= 11 is 0. The van der Waals surface area contributed by atoms with Crippen molar-refractivity contribution in [3.63, 3.8) is 0 Å². The molecule has 4 aliphatic rings. The number of benzene rings is 1. The second-order valence-electron chi connectivity index (χ2n) is 7.51. The molecule has 2 bridgehead atoms. The average molecular weight is 313 g/mol. The molecule has 1 saturated heterocycles. The third kappa shape index (κ3) is 1.53. The summed E-state index contributed by atoms with van der Waals surface area (Å²) in [5, 5.41) is 0. The summed E-state index contributed by atoms with van der Waals surface area (Å²) in [6.45, 7) is 3.66. The van der Waals surface area contributed by atoms with Crippen LogP contribution >= 0.6 is 0 Å². The van der Waals surface area contributed by atoms with Gasteiger partial charge in [-0.15, -0.1) is 0 Å². The van der Waals surface area contributed by atoms with E-state index in [1.807, 2.05) is 13.0 Å². The molecule has 4 heteroatoms. The lowest BCUT2D eigenvalue weighted by molar-refractivity contribution is -0.138. The minimum Gasteiger partial charge on any atom is -0.490 e. The highest BCUT2D eigenvalue weighted by Gasteiger charge is 2.65. The van der Waals surface area contributed by atoms with Crippen LogP contribution in [0, 0.1) is 5.92 Å². The zero-order chi connectivity index (χ0) is 15.8. The minimum absolute atomic E-state index is 0.0947. The molecule has 122 valence electrons. The van der Waals surface area contributed by atoms with E-state index in [-0.39, 0.29) is 17.3 Å². The van der Waals surface area contributed by atoms with E-state index >= 15 is 0 Å². The molecule has 0 aromatic heterocycles. The number of hydrogen-bond donors (Lipinski definition) is 0. The van der Waals surface area contributed by atoms with E-state index in [9.17, 15) is 4.79 Å². The van der Waals surface area contributed by atoms with Crippen molar-refractivity contribution in [2.75, 3.05) is 20.2 Å². The summed E-state index contributed by atoms with van der Waals surface area (Å²) in [7, 11) is 2.24. The molecule has 1 aromatic rings. The lowest BCUT2D eigenvalue weighted by Gasteiger charge is -2.57. The first-order valence-corrected chi connectivity index (χ1v) is 8.85. The van der Waals surface area contributed by atoms with Crippen molar-refractivity contribution in [3.8, 4) is 11.5 Å². The number of hydrogen-bond acceptors (Lipinski definition) is 4. The van der Waals surface area contributed by atoms with Gasteiger partial charge in [-0.3, -0.25) is 4.79 Å². The number of rotatable bonds is 2. The molecule has 0 radical (unpaired) electrons. The first-order valence-electron chi connectivity index (χ1n) is 8.85. The highest BCUT2D eigenvalue weighted by Crippen LogP contribution is 2.63. The van der Waals surface area contributed by atoms with E-state index < -0.39 is 0 Å². The molecule has 0 N–H and O–H groups in total. The highest BCUT2D eigenvalue weighted by molar-refractivity contribution is 5.89. The van der Waals surface area contributed by atoms with E-state index in [0.717, 1.165) is 37.3 Å². The molecule has 2 heterocycles. The van der Waals surface area contributed by atoms with Crippen LogP contribution in [0.5, 0.6) is 11.5 Å². The third-order valence-corrected chi connectivity index (χ3v) is 6.67. The number of carbonyl (C=O) groups is 1. The number of likely N-dealkylation sites (N-methyl/N-ethyl adjacent to an activating group) is 1. The SMILES string of the molecule is CCOc1ccc2c3c1O[C@H]1C(=O)CC[C@H]4[C@@H](C2)N(C)CC[C@]314. The Balaban J connectivity index is 1.77. The maximum absolute atomic E-state index is 12.7. The number of likely N-dealkylation sites (tertiary alicyclic amines) is 1. The molecule has 5 rings (SSSR count). The van der Waals surface area contributed by atoms with Crippen LogP contribution in [0.3, 0.4) is 0 Å². The predicted octanol–water partition coefficient (Wildman–Crippen LogP) is 2.32. The number of ketones is 1. The number of Topliss-reactive ketones (excluding diaryl/α,β-unsaturated/α-hetero) is 1. The van der Waals surface area contributed by atoms with Crippen LogP contribution in [0.1, 0.15) is 37.3 Å². The molecule has 1 saturated carbocycles. The van der Waals surface area contributed by atoms with Crippen LogP contribution in [0.15, 0.2) is 12.1 Å².